The minimum absolute atomic E-state index is 0.163. The monoisotopic (exact) mass is 228 g/mol. The van der Waals surface area contributed by atoms with E-state index >= 15 is 0 Å². The molecule has 0 unspecified atom stereocenters. The summed E-state index contributed by atoms with van der Waals surface area (Å²) in [6.45, 7) is 0. The number of halogens is 2. The molecule has 1 rings (SSSR count). The summed E-state index contributed by atoms with van der Waals surface area (Å²) >= 11 is 8.97. The summed E-state index contributed by atoms with van der Waals surface area (Å²) in [4.78, 5) is 0. The summed E-state index contributed by atoms with van der Waals surface area (Å²) < 4.78 is 1.42. The molecule has 1 aromatic carbocycles. The van der Waals surface area contributed by atoms with E-state index in [0.29, 0.717) is 5.88 Å². The van der Waals surface area contributed by atoms with Crippen LogP contribution in [0, 0.1) is 0 Å². The lowest BCUT2D eigenvalue weighted by molar-refractivity contribution is 1.41. The van der Waals surface area contributed by atoms with Gasteiger partial charge < -0.3 is 0 Å². The Labute approximate surface area is 81.6 Å². The molecule has 0 bridgehead atoms. The van der Waals surface area contributed by atoms with Crippen molar-refractivity contribution in [1.82, 2.24) is 0 Å². The Kier molecular flexibility index (Phi) is 4.07. The van der Waals surface area contributed by atoms with Crippen LogP contribution < -0.4 is 3.69 Å². The topological polar surface area (TPSA) is 0 Å². The summed E-state index contributed by atoms with van der Waals surface area (Å²) in [5, 5.41) is 0. The Bertz CT molecular complexity index is 174. The molecule has 0 atom stereocenters. The molecule has 0 fully saturated rings. The van der Waals surface area contributed by atoms with Crippen LogP contribution in [-0.4, -0.2) is 18.2 Å². The maximum Gasteiger partial charge on any atom is 0.506 e. The van der Waals surface area contributed by atoms with E-state index in [1.54, 1.807) is 0 Å². The van der Waals surface area contributed by atoms with Crippen LogP contribution in [0.25, 0.3) is 0 Å². The molecule has 3 heteroatoms. The molecule has 0 N–H and O–H groups in total. The van der Waals surface area contributed by atoms with Crippen molar-refractivity contribution in [2.45, 2.75) is 5.88 Å². The van der Waals surface area contributed by atoms with Gasteiger partial charge in [0.05, 0.1) is 0 Å². The highest BCUT2D eigenvalue weighted by atomic mass is 79.9. The van der Waals surface area contributed by atoms with Gasteiger partial charge in [-0.05, 0) is 5.56 Å². The lowest BCUT2D eigenvalue weighted by Crippen LogP contribution is -2.06. The number of benzene rings is 1. The Hall–Kier alpha value is 0.756. The molecule has 0 saturated heterocycles. The van der Waals surface area contributed by atoms with Gasteiger partial charge in [-0.25, -0.2) is 0 Å². The molecular weight excluding hydrogens is 224 g/mol. The van der Waals surface area contributed by atoms with E-state index < -0.39 is 0 Å². The molecule has 0 aliphatic rings. The van der Waals surface area contributed by atoms with Gasteiger partial charge in [0.15, 0.2) is 0 Å². The van der Waals surface area contributed by atoms with E-state index in [2.05, 4.69) is 37.1 Å². The molecule has 0 aromatic heterocycles. The van der Waals surface area contributed by atoms with Gasteiger partial charge in [-0.3, -0.25) is 12.9 Å². The standard InChI is InChI=1S/C7H6Cl.BrH.Mg/c8-6-7-4-2-1-3-5-7;;/h2-5H,6H2;1H;/q;;+1/p-1. The van der Waals surface area contributed by atoms with Crippen LogP contribution in [0.3, 0.4) is 0 Å². The quantitative estimate of drug-likeness (QED) is 0.538. The van der Waals surface area contributed by atoms with Crippen LogP contribution in [-0.2, 0) is 5.88 Å². The van der Waals surface area contributed by atoms with Crippen LogP contribution in [0.5, 0.6) is 0 Å². The molecule has 0 aliphatic heterocycles. The number of hydrogen-bond acceptors (Lipinski definition) is 0. The largest absolute Gasteiger partial charge is 0.506 e. The molecule has 0 amide bonds. The highest BCUT2D eigenvalue weighted by molar-refractivity contribution is 9.23. The van der Waals surface area contributed by atoms with Gasteiger partial charge in [-0.2, -0.15) is 3.69 Å². The van der Waals surface area contributed by atoms with E-state index in [-0.39, 0.29) is 18.2 Å². The van der Waals surface area contributed by atoms with Crippen LogP contribution >= 0.6 is 24.5 Å². The van der Waals surface area contributed by atoms with Gasteiger partial charge in [-0.15, -0.1) is 11.6 Å². The molecule has 0 spiro atoms. The Morgan fingerprint density at radius 1 is 1.30 bits per heavy atom. The third kappa shape index (κ3) is 2.42. The first-order valence-electron chi connectivity index (χ1n) is 3.06. The van der Waals surface area contributed by atoms with Crippen molar-refractivity contribution >= 4 is 46.4 Å². The fraction of sp³-hybridized carbons (Fsp3) is 0.143. The molecule has 50 valence electrons. The van der Waals surface area contributed by atoms with Gasteiger partial charge in [0, 0.05) is 5.88 Å². The second-order valence-electron chi connectivity index (χ2n) is 2.08. The minimum Gasteiger partial charge on any atom is -0.296 e. The lowest BCUT2D eigenvalue weighted by Gasteiger charge is -1.95. The fourth-order valence-corrected chi connectivity index (χ4v) is 2.43. The predicted molar refractivity (Wildman–Crippen MR) is 50.3 cm³/mol. The van der Waals surface area contributed by atoms with Crippen LogP contribution in [0.15, 0.2) is 24.3 Å². The zero-order valence-corrected chi connectivity index (χ0v) is 9.24. The molecule has 0 radical (unpaired) electrons. The second kappa shape index (κ2) is 4.60. The summed E-state index contributed by atoms with van der Waals surface area (Å²) in [6.07, 6.45) is 0. The predicted octanol–water partition coefficient (Wildman–Crippen LogP) is 2.06. The van der Waals surface area contributed by atoms with E-state index in [1.807, 2.05) is 0 Å². The van der Waals surface area contributed by atoms with Crippen molar-refractivity contribution < 1.29 is 0 Å². The van der Waals surface area contributed by atoms with Crippen molar-refractivity contribution in [2.75, 3.05) is 0 Å². The van der Waals surface area contributed by atoms with Gasteiger partial charge in [0.1, 0.15) is 0 Å². The normalized spacial score (nSPS) is 9.00. The van der Waals surface area contributed by atoms with Crippen LogP contribution in [0.1, 0.15) is 5.56 Å². The Balaban J connectivity index is 2.80. The zero-order chi connectivity index (χ0) is 7.40. The molecule has 0 saturated carbocycles. The van der Waals surface area contributed by atoms with Crippen molar-refractivity contribution in [2.24, 2.45) is 0 Å². The first-order valence-corrected chi connectivity index (χ1v) is 8.20. The van der Waals surface area contributed by atoms with Gasteiger partial charge in [0.2, 0.25) is 0 Å². The van der Waals surface area contributed by atoms with Crippen molar-refractivity contribution in [3.8, 4) is 0 Å². The molecular formula is C7H6BrClMg. The molecule has 0 nitrogen and oxygen atoms in total. The fourth-order valence-electron chi connectivity index (χ4n) is 0.717. The molecule has 0 heterocycles. The smallest absolute Gasteiger partial charge is 0.296 e. The SMILES string of the molecule is ClCc1cc[c]([Mg][Br])cc1. The zero-order valence-electron chi connectivity index (χ0n) is 5.48. The third-order valence-corrected chi connectivity index (χ3v) is 4.36. The van der Waals surface area contributed by atoms with Crippen molar-refractivity contribution in [1.29, 1.82) is 0 Å². The highest BCUT2D eigenvalue weighted by Crippen LogP contribution is 2.00. The second-order valence-corrected chi connectivity index (χ2v) is 5.12. The third-order valence-electron chi connectivity index (χ3n) is 1.33. The number of rotatable bonds is 2. The molecule has 0 aliphatic carbocycles. The number of alkyl halides is 1. The average molecular weight is 230 g/mol. The van der Waals surface area contributed by atoms with E-state index in [1.165, 1.54) is 9.26 Å². The average Bonchev–Trinajstić information content (AvgIpc) is 2.05. The van der Waals surface area contributed by atoms with Gasteiger partial charge in [0.25, 0.3) is 0 Å². The summed E-state index contributed by atoms with van der Waals surface area (Å²) in [5.41, 5.74) is 1.19. The van der Waals surface area contributed by atoms with E-state index in [9.17, 15) is 0 Å². The Morgan fingerprint density at radius 2 is 1.90 bits per heavy atom. The number of hydrogen-bond donors (Lipinski definition) is 0. The molecule has 10 heavy (non-hydrogen) atoms. The summed E-state index contributed by atoms with van der Waals surface area (Å²) in [6, 6.07) is 8.44. The van der Waals surface area contributed by atoms with E-state index in [0.717, 1.165) is 0 Å². The minimum atomic E-state index is -0.163. The highest BCUT2D eigenvalue weighted by Gasteiger charge is 1.93. The van der Waals surface area contributed by atoms with Crippen molar-refractivity contribution in [3.05, 3.63) is 29.8 Å². The van der Waals surface area contributed by atoms with E-state index in [4.69, 9.17) is 11.6 Å². The maximum atomic E-state index is 5.62. The first kappa shape index (κ1) is 8.85. The summed E-state index contributed by atoms with van der Waals surface area (Å²) in [7, 11) is 0. The van der Waals surface area contributed by atoms with Crippen LogP contribution in [0.4, 0.5) is 0 Å². The van der Waals surface area contributed by atoms with Gasteiger partial charge >= 0.3 is 18.2 Å². The van der Waals surface area contributed by atoms with Gasteiger partial charge in [-0.1, -0.05) is 24.3 Å². The van der Waals surface area contributed by atoms with Crippen LogP contribution in [0.2, 0.25) is 0 Å². The Morgan fingerprint density at radius 3 is 2.30 bits per heavy atom. The maximum absolute atomic E-state index is 5.62. The molecule has 1 aromatic rings. The first-order chi connectivity index (χ1) is 4.86. The van der Waals surface area contributed by atoms with Crippen molar-refractivity contribution in [3.63, 3.8) is 0 Å². The lowest BCUT2D eigenvalue weighted by atomic mass is 10.2. The summed E-state index contributed by atoms with van der Waals surface area (Å²) in [5.74, 6) is 0.615.